The Kier molecular flexibility index (Phi) is 1.96. The summed E-state index contributed by atoms with van der Waals surface area (Å²) in [7, 11) is 0. The minimum absolute atomic E-state index is 0.343. The van der Waals surface area contributed by atoms with Crippen LogP contribution in [0.25, 0.3) is 5.65 Å². The summed E-state index contributed by atoms with van der Waals surface area (Å²) in [6, 6.07) is 1.84. The molecule has 2 aromatic rings. The molecule has 0 unspecified atom stereocenters. The van der Waals surface area contributed by atoms with E-state index < -0.39 is 0 Å². The number of hydrogen-bond acceptors (Lipinski definition) is 2. The van der Waals surface area contributed by atoms with Gasteiger partial charge in [-0.1, -0.05) is 25.4 Å². The lowest BCUT2D eigenvalue weighted by atomic mass is 10.2. The van der Waals surface area contributed by atoms with Crippen molar-refractivity contribution in [3.05, 3.63) is 29.4 Å². The molecule has 2 rings (SSSR count). The molecule has 0 bridgehead atoms. The lowest BCUT2D eigenvalue weighted by Gasteiger charge is -2.07. The Hall–Kier alpha value is -1.09. The molecule has 0 N–H and O–H groups in total. The first-order valence-electron chi connectivity index (χ1n) is 4.18. The third kappa shape index (κ3) is 1.29. The molecule has 0 amide bonds. The summed E-state index contributed by atoms with van der Waals surface area (Å²) in [4.78, 5) is 8.43. The summed E-state index contributed by atoms with van der Waals surface area (Å²) < 4.78 is 1.87. The summed E-state index contributed by atoms with van der Waals surface area (Å²) in [5, 5.41) is 0.617. The maximum absolute atomic E-state index is 5.98. The molecule has 0 aromatic carbocycles. The fraction of sp³-hybridized carbons (Fsp3) is 0.333. The molecule has 0 aliphatic rings. The molecule has 0 radical (unpaired) electrons. The van der Waals surface area contributed by atoms with Crippen molar-refractivity contribution in [2.24, 2.45) is 0 Å². The van der Waals surface area contributed by atoms with Crippen LogP contribution in [-0.4, -0.2) is 14.4 Å². The van der Waals surface area contributed by atoms with Crippen molar-refractivity contribution >= 4 is 17.2 Å². The maximum Gasteiger partial charge on any atom is 0.140 e. The predicted molar refractivity (Wildman–Crippen MR) is 52.1 cm³/mol. The van der Waals surface area contributed by atoms with Gasteiger partial charge in [-0.05, 0) is 6.07 Å². The maximum atomic E-state index is 5.98. The monoisotopic (exact) mass is 195 g/mol. The van der Waals surface area contributed by atoms with E-state index in [-0.39, 0.29) is 0 Å². The summed E-state index contributed by atoms with van der Waals surface area (Å²) >= 11 is 5.98. The zero-order valence-corrected chi connectivity index (χ0v) is 8.28. The normalized spacial score (nSPS) is 11.4. The third-order valence-corrected chi connectivity index (χ3v) is 2.19. The first-order chi connectivity index (χ1) is 6.20. The molecule has 4 heteroatoms. The van der Waals surface area contributed by atoms with Crippen molar-refractivity contribution in [1.82, 2.24) is 14.4 Å². The van der Waals surface area contributed by atoms with Crippen LogP contribution in [0.5, 0.6) is 0 Å². The average molecular weight is 196 g/mol. The van der Waals surface area contributed by atoms with Crippen LogP contribution in [0.3, 0.4) is 0 Å². The highest BCUT2D eigenvalue weighted by molar-refractivity contribution is 6.29. The van der Waals surface area contributed by atoms with Crippen molar-refractivity contribution in [2.45, 2.75) is 19.8 Å². The molecule has 13 heavy (non-hydrogen) atoms. The van der Waals surface area contributed by atoms with E-state index in [4.69, 9.17) is 11.6 Å². The molecule has 2 aromatic heterocycles. The second-order valence-electron chi connectivity index (χ2n) is 3.23. The first-order valence-corrected chi connectivity index (χ1v) is 4.56. The van der Waals surface area contributed by atoms with Crippen LogP contribution in [0, 0.1) is 0 Å². The second kappa shape index (κ2) is 3.00. The van der Waals surface area contributed by atoms with Gasteiger partial charge in [-0.25, -0.2) is 9.97 Å². The molecular weight excluding hydrogens is 186 g/mol. The van der Waals surface area contributed by atoms with Crippen LogP contribution in [0.2, 0.25) is 5.15 Å². The van der Waals surface area contributed by atoms with Gasteiger partial charge in [0, 0.05) is 12.1 Å². The van der Waals surface area contributed by atoms with Gasteiger partial charge in [0.05, 0.1) is 6.20 Å². The van der Waals surface area contributed by atoms with Crippen LogP contribution in [0.15, 0.2) is 18.5 Å². The van der Waals surface area contributed by atoms with Crippen LogP contribution in [-0.2, 0) is 0 Å². The number of nitrogens with zero attached hydrogens (tertiary/aromatic N) is 3. The molecular formula is C9H10ClN3. The van der Waals surface area contributed by atoms with Gasteiger partial charge in [0.2, 0.25) is 0 Å². The molecule has 3 nitrogen and oxygen atoms in total. The number of aromatic nitrogens is 3. The number of fused-ring (bicyclic) bond motifs is 1. The predicted octanol–water partition coefficient (Wildman–Crippen LogP) is 2.51. The highest BCUT2D eigenvalue weighted by atomic mass is 35.5. The average Bonchev–Trinajstić information content (AvgIpc) is 2.48. The number of halogens is 1. The molecule has 0 spiro atoms. The topological polar surface area (TPSA) is 30.2 Å². The smallest absolute Gasteiger partial charge is 0.140 e. The van der Waals surface area contributed by atoms with E-state index in [9.17, 15) is 0 Å². The quantitative estimate of drug-likeness (QED) is 0.700. The summed E-state index contributed by atoms with van der Waals surface area (Å²) in [5.41, 5.74) is 0.851. The van der Waals surface area contributed by atoms with Gasteiger partial charge in [-0.3, -0.25) is 4.40 Å². The van der Waals surface area contributed by atoms with Gasteiger partial charge in [-0.2, -0.15) is 0 Å². The Morgan fingerprint density at radius 1 is 1.38 bits per heavy atom. The SMILES string of the molecule is CC(C)c1nccc2ncc(Cl)n12. The van der Waals surface area contributed by atoms with Crippen LogP contribution < -0.4 is 0 Å². The van der Waals surface area contributed by atoms with Crippen molar-refractivity contribution in [1.29, 1.82) is 0 Å². The molecule has 0 saturated heterocycles. The van der Waals surface area contributed by atoms with E-state index in [0.29, 0.717) is 11.1 Å². The Labute approximate surface area is 81.4 Å². The Balaban J connectivity index is 2.80. The van der Waals surface area contributed by atoms with Gasteiger partial charge in [0.25, 0.3) is 0 Å². The summed E-state index contributed by atoms with van der Waals surface area (Å²) in [5.74, 6) is 1.29. The van der Waals surface area contributed by atoms with Crippen molar-refractivity contribution in [2.75, 3.05) is 0 Å². The lowest BCUT2D eigenvalue weighted by molar-refractivity contribution is 0.753. The van der Waals surface area contributed by atoms with Crippen LogP contribution in [0.4, 0.5) is 0 Å². The molecule has 0 aliphatic heterocycles. The highest BCUT2D eigenvalue weighted by Crippen LogP contribution is 2.18. The number of rotatable bonds is 1. The molecule has 2 heterocycles. The van der Waals surface area contributed by atoms with Gasteiger partial charge in [0.15, 0.2) is 0 Å². The first kappa shape index (κ1) is 8.51. The zero-order valence-electron chi connectivity index (χ0n) is 7.53. The van der Waals surface area contributed by atoms with E-state index in [1.54, 1.807) is 12.4 Å². The van der Waals surface area contributed by atoms with Gasteiger partial charge < -0.3 is 0 Å². The number of imidazole rings is 1. The van der Waals surface area contributed by atoms with Gasteiger partial charge in [0.1, 0.15) is 16.6 Å². The van der Waals surface area contributed by atoms with Crippen molar-refractivity contribution < 1.29 is 0 Å². The molecule has 0 aliphatic carbocycles. The van der Waals surface area contributed by atoms with E-state index >= 15 is 0 Å². The van der Waals surface area contributed by atoms with Gasteiger partial charge in [-0.15, -0.1) is 0 Å². The van der Waals surface area contributed by atoms with E-state index in [0.717, 1.165) is 11.5 Å². The lowest BCUT2D eigenvalue weighted by Crippen LogP contribution is -2.02. The van der Waals surface area contributed by atoms with E-state index in [1.807, 2.05) is 10.5 Å². The van der Waals surface area contributed by atoms with Gasteiger partial charge >= 0.3 is 0 Å². The summed E-state index contributed by atoms with van der Waals surface area (Å²) in [6.45, 7) is 4.16. The van der Waals surface area contributed by atoms with Crippen molar-refractivity contribution in [3.63, 3.8) is 0 Å². The Morgan fingerprint density at radius 3 is 2.85 bits per heavy atom. The molecule has 0 atom stereocenters. The minimum atomic E-state index is 0.343. The second-order valence-corrected chi connectivity index (χ2v) is 3.62. The highest BCUT2D eigenvalue weighted by Gasteiger charge is 2.09. The Bertz CT molecular complexity index is 433. The third-order valence-electron chi connectivity index (χ3n) is 1.92. The standard InChI is InChI=1S/C9H10ClN3/c1-6(2)9-11-4-3-8-12-5-7(10)13(8)9/h3-6H,1-2H3. The Morgan fingerprint density at radius 2 is 2.15 bits per heavy atom. The number of hydrogen-bond donors (Lipinski definition) is 0. The largest absolute Gasteiger partial charge is 0.270 e. The zero-order chi connectivity index (χ0) is 9.42. The summed E-state index contributed by atoms with van der Waals surface area (Å²) in [6.07, 6.45) is 3.40. The fourth-order valence-corrected chi connectivity index (χ4v) is 1.56. The van der Waals surface area contributed by atoms with Crippen LogP contribution >= 0.6 is 11.6 Å². The van der Waals surface area contributed by atoms with Crippen molar-refractivity contribution in [3.8, 4) is 0 Å². The van der Waals surface area contributed by atoms with E-state index in [1.165, 1.54) is 0 Å². The van der Waals surface area contributed by atoms with Crippen LogP contribution in [0.1, 0.15) is 25.6 Å². The molecule has 0 saturated carbocycles. The fourth-order valence-electron chi connectivity index (χ4n) is 1.33. The molecule has 68 valence electrons. The minimum Gasteiger partial charge on any atom is -0.270 e. The molecule has 0 fully saturated rings. The van der Waals surface area contributed by atoms with E-state index in [2.05, 4.69) is 23.8 Å².